The topological polar surface area (TPSA) is 64.2 Å². The third kappa shape index (κ3) is 2.77. The van der Waals surface area contributed by atoms with E-state index in [0.29, 0.717) is 12.3 Å². The molecule has 1 fully saturated rings. The van der Waals surface area contributed by atoms with Gasteiger partial charge in [-0.3, -0.25) is 4.79 Å². The molecule has 3 rings (SSSR count). The molecule has 0 unspecified atom stereocenters. The number of aromatic nitrogens is 3. The summed E-state index contributed by atoms with van der Waals surface area (Å²) in [6, 6.07) is 0. The van der Waals surface area contributed by atoms with Crippen LogP contribution in [0, 0.1) is 13.8 Å². The number of imidazole rings is 1. The van der Waals surface area contributed by atoms with E-state index in [0.717, 1.165) is 48.8 Å². The van der Waals surface area contributed by atoms with E-state index in [1.807, 2.05) is 42.8 Å². The van der Waals surface area contributed by atoms with Gasteiger partial charge in [-0.2, -0.15) is 0 Å². The van der Waals surface area contributed by atoms with Crippen molar-refractivity contribution in [2.24, 2.45) is 7.05 Å². The third-order valence-electron chi connectivity index (χ3n) is 4.51. The minimum absolute atomic E-state index is 0.147. The Hall–Kier alpha value is -2.11. The SMILES string of the molecule is Cc1noc(C)c1CC(=O)N1CCC[C@@H](c2nccn2C)C1. The molecule has 2 aromatic heterocycles. The molecular formula is C16H22N4O2. The maximum Gasteiger partial charge on any atom is 0.227 e. The van der Waals surface area contributed by atoms with Crippen molar-refractivity contribution in [2.45, 2.75) is 39.0 Å². The van der Waals surface area contributed by atoms with Crippen molar-refractivity contribution >= 4 is 5.91 Å². The molecule has 0 N–H and O–H groups in total. The zero-order valence-corrected chi connectivity index (χ0v) is 13.4. The summed E-state index contributed by atoms with van der Waals surface area (Å²) in [6.45, 7) is 5.30. The molecule has 118 valence electrons. The van der Waals surface area contributed by atoms with Gasteiger partial charge in [0.1, 0.15) is 11.6 Å². The molecule has 2 aromatic rings. The second-order valence-corrected chi connectivity index (χ2v) is 6.05. The highest BCUT2D eigenvalue weighted by Crippen LogP contribution is 2.26. The van der Waals surface area contributed by atoms with E-state index >= 15 is 0 Å². The predicted octanol–water partition coefficient (Wildman–Crippen LogP) is 1.97. The van der Waals surface area contributed by atoms with Gasteiger partial charge in [-0.05, 0) is 26.7 Å². The maximum atomic E-state index is 12.6. The van der Waals surface area contributed by atoms with Gasteiger partial charge < -0.3 is 14.0 Å². The van der Waals surface area contributed by atoms with Crippen LogP contribution in [-0.4, -0.2) is 38.6 Å². The Morgan fingerprint density at radius 1 is 1.45 bits per heavy atom. The molecular weight excluding hydrogens is 280 g/mol. The number of hydrogen-bond donors (Lipinski definition) is 0. The molecule has 22 heavy (non-hydrogen) atoms. The van der Waals surface area contributed by atoms with Crippen LogP contribution in [0.2, 0.25) is 0 Å². The number of likely N-dealkylation sites (tertiary alicyclic amines) is 1. The standard InChI is InChI=1S/C16H22N4O2/c1-11-14(12(2)22-18-11)9-15(21)20-7-4-5-13(10-20)16-17-6-8-19(16)3/h6,8,13H,4-5,7,9-10H2,1-3H3/t13-/m1/s1. The minimum Gasteiger partial charge on any atom is -0.361 e. The van der Waals surface area contributed by atoms with Gasteiger partial charge in [0.15, 0.2) is 0 Å². The van der Waals surface area contributed by atoms with E-state index in [2.05, 4.69) is 10.1 Å². The fraction of sp³-hybridized carbons (Fsp3) is 0.562. The number of nitrogens with zero attached hydrogens (tertiary/aromatic N) is 4. The van der Waals surface area contributed by atoms with E-state index in [1.54, 1.807) is 0 Å². The molecule has 0 radical (unpaired) electrons. The first-order chi connectivity index (χ1) is 10.6. The monoisotopic (exact) mass is 302 g/mol. The lowest BCUT2D eigenvalue weighted by Crippen LogP contribution is -2.40. The predicted molar refractivity (Wildman–Crippen MR) is 81.4 cm³/mol. The van der Waals surface area contributed by atoms with E-state index < -0.39 is 0 Å². The molecule has 0 saturated carbocycles. The Kier molecular flexibility index (Phi) is 4.00. The zero-order chi connectivity index (χ0) is 15.7. The van der Waals surface area contributed by atoms with Crippen LogP contribution in [0.15, 0.2) is 16.9 Å². The number of carbonyl (C=O) groups excluding carboxylic acids is 1. The van der Waals surface area contributed by atoms with Gasteiger partial charge in [0.2, 0.25) is 5.91 Å². The van der Waals surface area contributed by atoms with E-state index in [1.165, 1.54) is 0 Å². The fourth-order valence-electron chi connectivity index (χ4n) is 3.20. The molecule has 0 spiro atoms. The van der Waals surface area contributed by atoms with Gasteiger partial charge in [0.05, 0.1) is 12.1 Å². The molecule has 1 atom stereocenters. The first-order valence-electron chi connectivity index (χ1n) is 7.73. The van der Waals surface area contributed by atoms with Crippen LogP contribution in [0.3, 0.4) is 0 Å². The molecule has 0 aliphatic carbocycles. The first kappa shape index (κ1) is 14.8. The van der Waals surface area contributed by atoms with Gasteiger partial charge in [-0.1, -0.05) is 5.16 Å². The summed E-state index contributed by atoms with van der Waals surface area (Å²) in [5.41, 5.74) is 1.73. The Balaban J connectivity index is 1.69. The summed E-state index contributed by atoms with van der Waals surface area (Å²) in [6.07, 6.45) is 6.25. The summed E-state index contributed by atoms with van der Waals surface area (Å²) in [4.78, 5) is 19.0. The van der Waals surface area contributed by atoms with Crippen LogP contribution >= 0.6 is 0 Å². The zero-order valence-electron chi connectivity index (χ0n) is 13.4. The highest BCUT2D eigenvalue weighted by atomic mass is 16.5. The largest absolute Gasteiger partial charge is 0.361 e. The maximum absolute atomic E-state index is 12.6. The van der Waals surface area contributed by atoms with E-state index in [9.17, 15) is 4.79 Å². The number of carbonyl (C=O) groups is 1. The smallest absolute Gasteiger partial charge is 0.227 e. The number of aryl methyl sites for hydroxylation is 3. The molecule has 1 amide bonds. The highest BCUT2D eigenvalue weighted by molar-refractivity contribution is 5.79. The van der Waals surface area contributed by atoms with Crippen molar-refractivity contribution in [3.63, 3.8) is 0 Å². The van der Waals surface area contributed by atoms with Gasteiger partial charge in [-0.25, -0.2) is 4.98 Å². The second-order valence-electron chi connectivity index (χ2n) is 6.05. The van der Waals surface area contributed by atoms with Crippen molar-refractivity contribution in [3.8, 4) is 0 Å². The van der Waals surface area contributed by atoms with E-state index in [-0.39, 0.29) is 5.91 Å². The number of amides is 1. The van der Waals surface area contributed by atoms with Crippen LogP contribution in [0.1, 0.15) is 41.6 Å². The van der Waals surface area contributed by atoms with Crippen LogP contribution < -0.4 is 0 Å². The van der Waals surface area contributed by atoms with E-state index in [4.69, 9.17) is 4.52 Å². The van der Waals surface area contributed by atoms with Crippen LogP contribution in [0.4, 0.5) is 0 Å². The van der Waals surface area contributed by atoms with Crippen LogP contribution in [0.5, 0.6) is 0 Å². The van der Waals surface area contributed by atoms with Crippen molar-refractivity contribution in [2.75, 3.05) is 13.1 Å². The van der Waals surface area contributed by atoms with Gasteiger partial charge in [-0.15, -0.1) is 0 Å². The summed E-state index contributed by atoms with van der Waals surface area (Å²) < 4.78 is 7.19. The van der Waals surface area contributed by atoms with Crippen molar-refractivity contribution in [3.05, 3.63) is 35.2 Å². The lowest BCUT2D eigenvalue weighted by molar-refractivity contribution is -0.131. The number of hydrogen-bond acceptors (Lipinski definition) is 4. The molecule has 1 saturated heterocycles. The third-order valence-corrected chi connectivity index (χ3v) is 4.51. The number of rotatable bonds is 3. The minimum atomic E-state index is 0.147. The lowest BCUT2D eigenvalue weighted by Gasteiger charge is -2.32. The summed E-state index contributed by atoms with van der Waals surface area (Å²) in [5.74, 6) is 2.27. The quantitative estimate of drug-likeness (QED) is 0.869. The molecule has 0 aromatic carbocycles. The fourth-order valence-corrected chi connectivity index (χ4v) is 3.20. The van der Waals surface area contributed by atoms with Gasteiger partial charge in [0.25, 0.3) is 0 Å². The Morgan fingerprint density at radius 3 is 2.91 bits per heavy atom. The average Bonchev–Trinajstić information content (AvgIpc) is 3.08. The van der Waals surface area contributed by atoms with Gasteiger partial charge in [0, 0.05) is 44.0 Å². The Bertz CT molecular complexity index is 654. The second kappa shape index (κ2) is 5.94. The van der Waals surface area contributed by atoms with Crippen molar-refractivity contribution in [1.82, 2.24) is 19.6 Å². The number of piperidine rings is 1. The lowest BCUT2D eigenvalue weighted by atomic mass is 9.96. The molecule has 1 aliphatic rings. The summed E-state index contributed by atoms with van der Waals surface area (Å²) in [5, 5.41) is 3.92. The molecule has 3 heterocycles. The first-order valence-corrected chi connectivity index (χ1v) is 7.73. The normalized spacial score (nSPS) is 18.7. The highest BCUT2D eigenvalue weighted by Gasteiger charge is 2.27. The molecule has 0 bridgehead atoms. The molecule has 1 aliphatic heterocycles. The van der Waals surface area contributed by atoms with Crippen LogP contribution in [0.25, 0.3) is 0 Å². The van der Waals surface area contributed by atoms with Gasteiger partial charge >= 0.3 is 0 Å². The molecule has 6 heteroatoms. The summed E-state index contributed by atoms with van der Waals surface area (Å²) >= 11 is 0. The average molecular weight is 302 g/mol. The van der Waals surface area contributed by atoms with Crippen LogP contribution in [-0.2, 0) is 18.3 Å². The molecule has 6 nitrogen and oxygen atoms in total. The van der Waals surface area contributed by atoms with Crippen molar-refractivity contribution in [1.29, 1.82) is 0 Å². The Morgan fingerprint density at radius 2 is 2.27 bits per heavy atom. The summed E-state index contributed by atoms with van der Waals surface area (Å²) in [7, 11) is 2.01. The van der Waals surface area contributed by atoms with Crippen molar-refractivity contribution < 1.29 is 9.32 Å². The Labute approximate surface area is 130 Å².